The Kier molecular flexibility index (Phi) is 7.67. The number of benzene rings is 2. The summed E-state index contributed by atoms with van der Waals surface area (Å²) in [6, 6.07) is 18.1. The number of ether oxygens (including phenoxy) is 1. The van der Waals surface area contributed by atoms with E-state index in [1.165, 1.54) is 11.1 Å². The van der Waals surface area contributed by atoms with Crippen molar-refractivity contribution in [1.29, 1.82) is 0 Å². The molecular weight excluding hydrogens is 496 g/mol. The Morgan fingerprint density at radius 2 is 1.95 bits per heavy atom. The summed E-state index contributed by atoms with van der Waals surface area (Å²) >= 11 is 6.19. The number of pyridine rings is 1. The van der Waals surface area contributed by atoms with Crippen LogP contribution in [0.3, 0.4) is 0 Å². The molecule has 5 rings (SSSR count). The van der Waals surface area contributed by atoms with E-state index in [2.05, 4.69) is 48.4 Å². The lowest BCUT2D eigenvalue weighted by Gasteiger charge is -2.47. The number of hydrogen-bond acceptors (Lipinski definition) is 4. The molecule has 1 aromatic heterocycles. The van der Waals surface area contributed by atoms with E-state index >= 15 is 0 Å². The maximum atomic E-state index is 12.6. The van der Waals surface area contributed by atoms with Gasteiger partial charge in [0.05, 0.1) is 6.61 Å². The van der Waals surface area contributed by atoms with Gasteiger partial charge in [-0.3, -0.25) is 4.98 Å². The number of nitrogens with one attached hydrogen (secondary N) is 1. The van der Waals surface area contributed by atoms with Gasteiger partial charge >= 0.3 is 5.97 Å². The number of aromatic nitrogens is 1. The summed E-state index contributed by atoms with van der Waals surface area (Å²) in [5.41, 5.74) is 3.72. The highest BCUT2D eigenvalue weighted by Gasteiger charge is 2.54. The van der Waals surface area contributed by atoms with Crippen LogP contribution in [-0.4, -0.2) is 28.2 Å². The third-order valence-corrected chi connectivity index (χ3v) is 9.10. The monoisotopic (exact) mass is 532 g/mol. The van der Waals surface area contributed by atoms with E-state index in [-0.39, 0.29) is 5.41 Å². The summed E-state index contributed by atoms with van der Waals surface area (Å²) < 4.78 is 6.26. The number of aliphatic carboxylic acids is 1. The van der Waals surface area contributed by atoms with E-state index < -0.39 is 11.5 Å². The van der Waals surface area contributed by atoms with Crippen molar-refractivity contribution in [3.63, 3.8) is 0 Å². The zero-order valence-electron chi connectivity index (χ0n) is 22.3. The number of rotatable bonds is 9. The number of halogens is 1. The molecule has 200 valence electrons. The lowest BCUT2D eigenvalue weighted by Crippen LogP contribution is -2.53. The minimum absolute atomic E-state index is 0.00887. The van der Waals surface area contributed by atoms with Gasteiger partial charge in [-0.25, -0.2) is 4.79 Å². The quantitative estimate of drug-likeness (QED) is 0.302. The van der Waals surface area contributed by atoms with Gasteiger partial charge in [-0.2, -0.15) is 0 Å². The Balaban J connectivity index is 1.34. The zero-order chi connectivity index (χ0) is 26.8. The molecule has 6 heteroatoms. The fourth-order valence-corrected chi connectivity index (χ4v) is 7.01. The lowest BCUT2D eigenvalue weighted by molar-refractivity contribution is -0.144. The summed E-state index contributed by atoms with van der Waals surface area (Å²) in [5, 5.41) is 14.3. The number of carbonyl (C=O) groups is 1. The SMILES string of the molecule is CCc1cnccc1OC[C@H](C)CC1Cc2ccccc2C12CCC(Nc1cccc(Cl)c1)(C(=O)O)CC2. The molecule has 0 amide bonds. The van der Waals surface area contributed by atoms with E-state index in [0.717, 1.165) is 49.1 Å². The van der Waals surface area contributed by atoms with Gasteiger partial charge < -0.3 is 15.2 Å². The molecular formula is C32H37ClN2O3. The van der Waals surface area contributed by atoms with E-state index in [1.807, 2.05) is 24.4 Å². The van der Waals surface area contributed by atoms with Gasteiger partial charge in [0.25, 0.3) is 0 Å². The Morgan fingerprint density at radius 3 is 2.68 bits per heavy atom. The van der Waals surface area contributed by atoms with Crippen molar-refractivity contribution < 1.29 is 14.6 Å². The molecule has 1 spiro atoms. The summed E-state index contributed by atoms with van der Waals surface area (Å²) in [7, 11) is 0. The molecule has 1 saturated carbocycles. The Labute approximate surface area is 230 Å². The third-order valence-electron chi connectivity index (χ3n) is 8.86. The molecule has 5 nitrogen and oxygen atoms in total. The first-order chi connectivity index (χ1) is 18.3. The maximum absolute atomic E-state index is 12.6. The summed E-state index contributed by atoms with van der Waals surface area (Å²) in [5.74, 6) is 0.968. The minimum Gasteiger partial charge on any atom is -0.493 e. The molecule has 1 heterocycles. The Bertz CT molecular complexity index is 1280. The average molecular weight is 533 g/mol. The average Bonchev–Trinajstić information content (AvgIpc) is 3.21. The Morgan fingerprint density at radius 1 is 1.16 bits per heavy atom. The van der Waals surface area contributed by atoms with Gasteiger partial charge in [-0.05, 0) is 97.6 Å². The number of fused-ring (bicyclic) bond motifs is 2. The van der Waals surface area contributed by atoms with Crippen LogP contribution in [-0.2, 0) is 23.1 Å². The first-order valence-electron chi connectivity index (χ1n) is 13.8. The van der Waals surface area contributed by atoms with Gasteiger partial charge in [0.1, 0.15) is 11.3 Å². The van der Waals surface area contributed by atoms with Crippen molar-refractivity contribution in [1.82, 2.24) is 4.98 Å². The number of anilines is 1. The third kappa shape index (κ3) is 5.13. The standard InChI is InChI=1S/C32H37ClN2O3/c1-3-23-20-34-16-11-29(23)38-21-22(2)17-25-18-24-7-4-5-10-28(24)31(25)12-14-32(15-13-31,30(36)37)35-27-9-6-8-26(33)19-27/h4-11,16,19-20,22,25,35H,3,12-15,17-18,21H2,1-2H3,(H,36,37)/t22-,25?,31?,32?/m1/s1. The number of nitrogens with zero attached hydrogens (tertiary/aromatic N) is 1. The van der Waals surface area contributed by atoms with Gasteiger partial charge in [-0.1, -0.05) is 55.8 Å². The van der Waals surface area contributed by atoms with E-state index in [4.69, 9.17) is 16.3 Å². The van der Waals surface area contributed by atoms with E-state index in [0.29, 0.717) is 36.3 Å². The molecule has 38 heavy (non-hydrogen) atoms. The van der Waals surface area contributed by atoms with E-state index in [1.54, 1.807) is 18.3 Å². The van der Waals surface area contributed by atoms with Crippen LogP contribution in [0.5, 0.6) is 5.75 Å². The van der Waals surface area contributed by atoms with Crippen LogP contribution in [0.4, 0.5) is 5.69 Å². The summed E-state index contributed by atoms with van der Waals surface area (Å²) in [6.45, 7) is 5.05. The van der Waals surface area contributed by atoms with Crippen LogP contribution in [0, 0.1) is 11.8 Å². The van der Waals surface area contributed by atoms with Crippen molar-refractivity contribution in [2.24, 2.45) is 11.8 Å². The van der Waals surface area contributed by atoms with Crippen LogP contribution >= 0.6 is 11.6 Å². The minimum atomic E-state index is -0.995. The van der Waals surface area contributed by atoms with Crippen molar-refractivity contribution in [3.8, 4) is 5.75 Å². The number of carboxylic acid groups (broad SMARTS) is 1. The second kappa shape index (κ2) is 11.0. The summed E-state index contributed by atoms with van der Waals surface area (Å²) in [6.07, 6.45) is 9.47. The van der Waals surface area contributed by atoms with Crippen molar-refractivity contribution >= 4 is 23.3 Å². The Hall–Kier alpha value is -3.05. The predicted molar refractivity (Wildman–Crippen MR) is 152 cm³/mol. The van der Waals surface area contributed by atoms with E-state index in [9.17, 15) is 9.90 Å². The normalized spacial score (nSPS) is 25.1. The molecule has 2 atom stereocenters. The van der Waals surface area contributed by atoms with Crippen LogP contribution in [0.1, 0.15) is 62.6 Å². The van der Waals surface area contributed by atoms with Crippen molar-refractivity contribution in [2.45, 2.75) is 69.7 Å². The van der Waals surface area contributed by atoms with Gasteiger partial charge in [0, 0.05) is 28.7 Å². The molecule has 2 N–H and O–H groups in total. The maximum Gasteiger partial charge on any atom is 0.329 e. The largest absolute Gasteiger partial charge is 0.493 e. The van der Waals surface area contributed by atoms with Crippen molar-refractivity contribution in [2.75, 3.05) is 11.9 Å². The molecule has 2 aromatic carbocycles. The molecule has 0 saturated heterocycles. The molecule has 0 aliphatic heterocycles. The highest BCUT2D eigenvalue weighted by molar-refractivity contribution is 6.30. The summed E-state index contributed by atoms with van der Waals surface area (Å²) in [4.78, 5) is 16.9. The molecule has 0 bridgehead atoms. The smallest absolute Gasteiger partial charge is 0.329 e. The topological polar surface area (TPSA) is 71.5 Å². The highest BCUT2D eigenvalue weighted by Crippen LogP contribution is 2.56. The predicted octanol–water partition coefficient (Wildman–Crippen LogP) is 7.32. The molecule has 1 fully saturated rings. The molecule has 1 unspecified atom stereocenters. The van der Waals surface area contributed by atoms with Crippen LogP contribution in [0.2, 0.25) is 5.02 Å². The van der Waals surface area contributed by atoms with Crippen LogP contribution < -0.4 is 10.1 Å². The van der Waals surface area contributed by atoms with Crippen LogP contribution in [0.15, 0.2) is 67.0 Å². The van der Waals surface area contributed by atoms with Crippen molar-refractivity contribution in [3.05, 3.63) is 88.7 Å². The first-order valence-corrected chi connectivity index (χ1v) is 14.1. The van der Waals surface area contributed by atoms with Gasteiger partial charge in [0.2, 0.25) is 0 Å². The molecule has 2 aliphatic carbocycles. The fourth-order valence-electron chi connectivity index (χ4n) is 6.82. The number of aryl methyl sites for hydroxylation is 1. The van der Waals surface area contributed by atoms with Gasteiger partial charge in [-0.15, -0.1) is 0 Å². The molecule has 2 aliphatic rings. The molecule has 3 aromatic rings. The van der Waals surface area contributed by atoms with Crippen LogP contribution in [0.25, 0.3) is 0 Å². The number of carboxylic acids is 1. The molecule has 0 radical (unpaired) electrons. The van der Waals surface area contributed by atoms with Gasteiger partial charge in [0.15, 0.2) is 0 Å². The number of hydrogen-bond donors (Lipinski definition) is 2. The second-order valence-corrected chi connectivity index (χ2v) is 11.7. The lowest BCUT2D eigenvalue weighted by atomic mass is 9.59. The second-order valence-electron chi connectivity index (χ2n) is 11.2. The fraction of sp³-hybridized carbons (Fsp3) is 0.438. The first kappa shape index (κ1) is 26.6. The zero-order valence-corrected chi connectivity index (χ0v) is 23.0. The highest BCUT2D eigenvalue weighted by atomic mass is 35.5.